The van der Waals surface area contributed by atoms with Gasteiger partial charge in [-0.15, -0.1) is 12.4 Å². The first-order valence-electron chi connectivity index (χ1n) is 4.64. The fraction of sp³-hybridized carbons (Fsp3) is 0. The smallest absolute Gasteiger partial charge is 0.271 e. The number of hydrogen-bond acceptors (Lipinski definition) is 5. The molecule has 1 N–H and O–H groups in total. The van der Waals surface area contributed by atoms with Crippen molar-refractivity contribution in [3.63, 3.8) is 0 Å². The van der Waals surface area contributed by atoms with Crippen molar-refractivity contribution in [2.75, 3.05) is 5.32 Å². The molecule has 18 heavy (non-hydrogen) atoms. The molecule has 1 heterocycles. The van der Waals surface area contributed by atoms with E-state index in [0.29, 0.717) is 16.7 Å². The molecular weight excluding hydrogens is 279 g/mol. The number of nitrogens with one attached hydrogen (secondary N) is 1. The molecule has 0 amide bonds. The summed E-state index contributed by atoms with van der Waals surface area (Å²) >= 11 is 5.69. The van der Waals surface area contributed by atoms with E-state index in [-0.39, 0.29) is 18.1 Å². The average molecular weight is 287 g/mol. The van der Waals surface area contributed by atoms with E-state index in [0.717, 1.165) is 0 Å². The number of anilines is 2. The zero-order valence-electron chi connectivity index (χ0n) is 8.91. The summed E-state index contributed by atoms with van der Waals surface area (Å²) in [4.78, 5) is 17.8. The highest BCUT2D eigenvalue weighted by Gasteiger charge is 2.06. The largest absolute Gasteiger partial charge is 0.340 e. The van der Waals surface area contributed by atoms with Crippen LogP contribution in [-0.4, -0.2) is 14.9 Å². The molecule has 0 aliphatic rings. The van der Waals surface area contributed by atoms with Crippen molar-refractivity contribution in [2.45, 2.75) is 0 Å². The van der Waals surface area contributed by atoms with Gasteiger partial charge in [0.05, 0.1) is 4.92 Å². The molecule has 0 fully saturated rings. The SMILES string of the molecule is Cl.O=[N+]([O-])c1cccc(Nc2cc(Cl)ncn2)c1. The summed E-state index contributed by atoms with van der Waals surface area (Å²) in [6.45, 7) is 0. The van der Waals surface area contributed by atoms with Gasteiger partial charge in [0.15, 0.2) is 0 Å². The Hall–Kier alpha value is -1.92. The normalized spacial score (nSPS) is 9.39. The van der Waals surface area contributed by atoms with Gasteiger partial charge in [0.25, 0.3) is 5.69 Å². The van der Waals surface area contributed by atoms with Gasteiger partial charge in [0.2, 0.25) is 0 Å². The highest BCUT2D eigenvalue weighted by molar-refractivity contribution is 6.29. The Bertz CT molecular complexity index is 565. The van der Waals surface area contributed by atoms with Crippen LogP contribution in [0, 0.1) is 10.1 Å². The van der Waals surface area contributed by atoms with Crippen molar-refractivity contribution in [1.82, 2.24) is 9.97 Å². The van der Waals surface area contributed by atoms with Gasteiger partial charge in [0, 0.05) is 23.9 Å². The zero-order valence-corrected chi connectivity index (χ0v) is 10.5. The van der Waals surface area contributed by atoms with Crippen LogP contribution in [0.4, 0.5) is 17.2 Å². The zero-order chi connectivity index (χ0) is 12.3. The molecule has 0 saturated heterocycles. The standard InChI is InChI=1S/C10H7ClN4O2.ClH/c11-9-5-10(13-6-12-9)14-7-2-1-3-8(4-7)15(16)17;/h1-6H,(H,12,13,14);1H. The number of halogens is 2. The van der Waals surface area contributed by atoms with Gasteiger partial charge in [-0.25, -0.2) is 9.97 Å². The van der Waals surface area contributed by atoms with Gasteiger partial charge in [-0.1, -0.05) is 17.7 Å². The summed E-state index contributed by atoms with van der Waals surface area (Å²) < 4.78 is 0. The molecule has 0 aliphatic carbocycles. The molecule has 1 aromatic carbocycles. The van der Waals surface area contributed by atoms with Crippen LogP contribution in [0.5, 0.6) is 0 Å². The summed E-state index contributed by atoms with van der Waals surface area (Å²) in [5.74, 6) is 0.477. The molecule has 0 aliphatic heterocycles. The molecule has 2 aromatic rings. The molecule has 0 unspecified atom stereocenters. The molecule has 0 atom stereocenters. The lowest BCUT2D eigenvalue weighted by molar-refractivity contribution is -0.384. The molecule has 2 rings (SSSR count). The minimum absolute atomic E-state index is 0. The van der Waals surface area contributed by atoms with Crippen molar-refractivity contribution in [3.8, 4) is 0 Å². The number of benzene rings is 1. The fourth-order valence-electron chi connectivity index (χ4n) is 1.25. The quantitative estimate of drug-likeness (QED) is 0.532. The van der Waals surface area contributed by atoms with Gasteiger partial charge in [0.1, 0.15) is 17.3 Å². The summed E-state index contributed by atoms with van der Waals surface area (Å²) in [5, 5.41) is 13.8. The predicted molar refractivity (Wildman–Crippen MR) is 70.7 cm³/mol. The number of aromatic nitrogens is 2. The summed E-state index contributed by atoms with van der Waals surface area (Å²) in [7, 11) is 0. The van der Waals surface area contributed by atoms with Crippen molar-refractivity contribution >= 4 is 41.2 Å². The highest BCUT2D eigenvalue weighted by atomic mass is 35.5. The first kappa shape index (κ1) is 14.1. The lowest BCUT2D eigenvalue weighted by Crippen LogP contribution is -1.95. The van der Waals surface area contributed by atoms with Crippen LogP contribution >= 0.6 is 24.0 Å². The Balaban J connectivity index is 0.00000162. The van der Waals surface area contributed by atoms with Crippen LogP contribution in [0.2, 0.25) is 5.15 Å². The predicted octanol–water partition coefficient (Wildman–Crippen LogP) is 3.20. The number of rotatable bonds is 3. The third-order valence-electron chi connectivity index (χ3n) is 1.96. The average Bonchev–Trinajstić information content (AvgIpc) is 2.29. The molecule has 0 spiro atoms. The van der Waals surface area contributed by atoms with Crippen LogP contribution in [0.3, 0.4) is 0 Å². The van der Waals surface area contributed by atoms with Gasteiger partial charge < -0.3 is 5.32 Å². The summed E-state index contributed by atoms with van der Waals surface area (Å²) in [6, 6.07) is 7.64. The molecule has 1 aromatic heterocycles. The maximum Gasteiger partial charge on any atom is 0.271 e. The van der Waals surface area contributed by atoms with Crippen molar-refractivity contribution in [1.29, 1.82) is 0 Å². The van der Waals surface area contributed by atoms with Crippen LogP contribution < -0.4 is 5.32 Å². The van der Waals surface area contributed by atoms with Crippen LogP contribution in [0.1, 0.15) is 0 Å². The van der Waals surface area contributed by atoms with Gasteiger partial charge in [-0.3, -0.25) is 10.1 Å². The third-order valence-corrected chi connectivity index (χ3v) is 2.17. The summed E-state index contributed by atoms with van der Waals surface area (Å²) in [5.41, 5.74) is 0.573. The maximum absolute atomic E-state index is 10.6. The van der Waals surface area contributed by atoms with Crippen molar-refractivity contribution in [3.05, 3.63) is 51.9 Å². The second-order valence-corrected chi connectivity index (χ2v) is 3.55. The topological polar surface area (TPSA) is 81.0 Å². The van der Waals surface area contributed by atoms with E-state index in [1.807, 2.05) is 0 Å². The number of non-ortho nitro benzene ring substituents is 1. The number of nitro benzene ring substituents is 1. The molecule has 0 saturated carbocycles. The second kappa shape index (κ2) is 6.13. The number of nitro groups is 1. The van der Waals surface area contributed by atoms with Gasteiger partial charge >= 0.3 is 0 Å². The van der Waals surface area contributed by atoms with Crippen molar-refractivity contribution < 1.29 is 4.92 Å². The number of hydrogen-bond donors (Lipinski definition) is 1. The molecule has 6 nitrogen and oxygen atoms in total. The van der Waals surface area contributed by atoms with E-state index < -0.39 is 4.92 Å². The Morgan fingerprint density at radius 1 is 1.28 bits per heavy atom. The summed E-state index contributed by atoms with van der Waals surface area (Å²) in [6.07, 6.45) is 1.31. The maximum atomic E-state index is 10.6. The fourth-order valence-corrected chi connectivity index (χ4v) is 1.39. The van der Waals surface area contributed by atoms with Crippen LogP contribution in [-0.2, 0) is 0 Å². The van der Waals surface area contributed by atoms with E-state index in [1.54, 1.807) is 12.1 Å². The van der Waals surface area contributed by atoms with Gasteiger partial charge in [-0.2, -0.15) is 0 Å². The Morgan fingerprint density at radius 2 is 2.06 bits per heavy atom. The molecular formula is C10H8Cl2N4O2. The first-order chi connectivity index (χ1) is 8.15. The van der Waals surface area contributed by atoms with Gasteiger partial charge in [-0.05, 0) is 6.07 Å². The van der Waals surface area contributed by atoms with E-state index in [4.69, 9.17) is 11.6 Å². The molecule has 8 heteroatoms. The Labute approximate surface area is 114 Å². The van der Waals surface area contributed by atoms with E-state index in [1.165, 1.54) is 24.5 Å². The lowest BCUT2D eigenvalue weighted by atomic mass is 10.3. The van der Waals surface area contributed by atoms with E-state index >= 15 is 0 Å². The molecule has 94 valence electrons. The monoisotopic (exact) mass is 286 g/mol. The van der Waals surface area contributed by atoms with Crippen LogP contribution in [0.15, 0.2) is 36.7 Å². The van der Waals surface area contributed by atoms with Crippen LogP contribution in [0.25, 0.3) is 0 Å². The minimum atomic E-state index is -0.460. The highest BCUT2D eigenvalue weighted by Crippen LogP contribution is 2.20. The third kappa shape index (κ3) is 3.54. The van der Waals surface area contributed by atoms with E-state index in [9.17, 15) is 10.1 Å². The van der Waals surface area contributed by atoms with Crippen molar-refractivity contribution in [2.24, 2.45) is 0 Å². The van der Waals surface area contributed by atoms with E-state index in [2.05, 4.69) is 15.3 Å². The Kier molecular flexibility index (Phi) is 4.82. The molecule has 0 radical (unpaired) electrons. The number of nitrogens with zero attached hydrogens (tertiary/aromatic N) is 3. The lowest BCUT2D eigenvalue weighted by Gasteiger charge is -2.04. The molecule has 0 bridgehead atoms. The first-order valence-corrected chi connectivity index (χ1v) is 5.02. The minimum Gasteiger partial charge on any atom is -0.340 e. The Morgan fingerprint density at radius 3 is 2.72 bits per heavy atom. The second-order valence-electron chi connectivity index (χ2n) is 3.16.